The van der Waals surface area contributed by atoms with Crippen molar-refractivity contribution in [2.45, 2.75) is 6.10 Å². The molecule has 5 nitrogen and oxygen atoms in total. The van der Waals surface area contributed by atoms with Gasteiger partial charge in [0.2, 0.25) is 0 Å². The first-order valence-electron chi connectivity index (χ1n) is 4.34. The van der Waals surface area contributed by atoms with Gasteiger partial charge >= 0.3 is 0 Å². The number of nitrogens with zero attached hydrogens (tertiary/aromatic N) is 1. The maximum atomic E-state index is 11.0. The van der Waals surface area contributed by atoms with Crippen molar-refractivity contribution in [2.75, 3.05) is 37.7 Å². The van der Waals surface area contributed by atoms with E-state index in [0.717, 1.165) is 0 Å². The molecule has 1 saturated heterocycles. The standard InChI is InChI=1S/C7H16N2O3S/c8-5-7(10)6-9-1-3-13(11,12)4-2-9/h7,10H,1-6,8H2. The minimum Gasteiger partial charge on any atom is -0.390 e. The minimum atomic E-state index is -2.81. The summed E-state index contributed by atoms with van der Waals surface area (Å²) in [4.78, 5) is 1.93. The molecule has 0 aromatic heterocycles. The smallest absolute Gasteiger partial charge is 0.152 e. The summed E-state index contributed by atoms with van der Waals surface area (Å²) in [5, 5.41) is 9.22. The van der Waals surface area contributed by atoms with Crippen molar-refractivity contribution >= 4 is 9.84 Å². The first-order chi connectivity index (χ1) is 6.03. The fourth-order valence-electron chi connectivity index (χ4n) is 1.31. The number of sulfone groups is 1. The van der Waals surface area contributed by atoms with Crippen LogP contribution in [0.25, 0.3) is 0 Å². The lowest BCUT2D eigenvalue weighted by Crippen LogP contribution is -2.45. The molecule has 1 aliphatic rings. The molecule has 0 aromatic rings. The third-order valence-corrected chi connectivity index (χ3v) is 3.79. The highest BCUT2D eigenvalue weighted by Crippen LogP contribution is 2.03. The second-order valence-electron chi connectivity index (χ2n) is 3.34. The summed E-state index contributed by atoms with van der Waals surface area (Å²) in [5.74, 6) is 0.397. The maximum Gasteiger partial charge on any atom is 0.152 e. The number of β-amino-alcohol motifs (C(OH)–C–C–N with tert-alkyl or cyclic N) is 1. The van der Waals surface area contributed by atoms with Crippen molar-refractivity contribution in [3.63, 3.8) is 0 Å². The highest BCUT2D eigenvalue weighted by atomic mass is 32.2. The fraction of sp³-hybridized carbons (Fsp3) is 1.00. The van der Waals surface area contributed by atoms with Gasteiger partial charge in [0.25, 0.3) is 0 Å². The number of hydrogen-bond acceptors (Lipinski definition) is 5. The molecular weight excluding hydrogens is 192 g/mol. The number of nitrogens with two attached hydrogens (primary N) is 1. The number of aliphatic hydroxyl groups is 1. The minimum absolute atomic E-state index is 0.199. The second kappa shape index (κ2) is 4.36. The Morgan fingerprint density at radius 1 is 1.38 bits per heavy atom. The zero-order chi connectivity index (χ0) is 9.90. The van der Waals surface area contributed by atoms with Crippen LogP contribution < -0.4 is 5.73 Å². The molecule has 78 valence electrons. The van der Waals surface area contributed by atoms with Crippen LogP contribution in [0, 0.1) is 0 Å². The van der Waals surface area contributed by atoms with Crippen LogP contribution in [-0.4, -0.2) is 62.2 Å². The normalized spacial score (nSPS) is 25.7. The summed E-state index contributed by atoms with van der Waals surface area (Å²) in [7, 11) is -2.81. The van der Waals surface area contributed by atoms with Gasteiger partial charge in [-0.25, -0.2) is 8.42 Å². The van der Waals surface area contributed by atoms with E-state index in [1.165, 1.54) is 0 Å². The van der Waals surface area contributed by atoms with E-state index in [1.54, 1.807) is 0 Å². The van der Waals surface area contributed by atoms with Crippen LogP contribution in [0.1, 0.15) is 0 Å². The Hall–Kier alpha value is -0.170. The van der Waals surface area contributed by atoms with E-state index >= 15 is 0 Å². The highest BCUT2D eigenvalue weighted by molar-refractivity contribution is 7.91. The molecule has 0 bridgehead atoms. The third-order valence-electron chi connectivity index (χ3n) is 2.18. The van der Waals surface area contributed by atoms with Crippen LogP contribution in [0.5, 0.6) is 0 Å². The zero-order valence-electron chi connectivity index (χ0n) is 7.52. The first kappa shape index (κ1) is 10.9. The SMILES string of the molecule is NCC(O)CN1CCS(=O)(=O)CC1. The quantitative estimate of drug-likeness (QED) is 0.562. The van der Waals surface area contributed by atoms with Gasteiger partial charge in [0.1, 0.15) is 0 Å². The molecule has 0 spiro atoms. The molecule has 1 unspecified atom stereocenters. The fourth-order valence-corrected chi connectivity index (χ4v) is 2.58. The Morgan fingerprint density at radius 3 is 2.38 bits per heavy atom. The predicted molar refractivity (Wildman–Crippen MR) is 50.2 cm³/mol. The van der Waals surface area contributed by atoms with Gasteiger partial charge in [0.15, 0.2) is 9.84 Å². The van der Waals surface area contributed by atoms with E-state index in [0.29, 0.717) is 19.6 Å². The molecule has 1 fully saturated rings. The van der Waals surface area contributed by atoms with Crippen molar-refractivity contribution < 1.29 is 13.5 Å². The monoisotopic (exact) mass is 208 g/mol. The lowest BCUT2D eigenvalue weighted by Gasteiger charge is -2.27. The molecule has 1 aliphatic heterocycles. The molecule has 0 saturated carbocycles. The van der Waals surface area contributed by atoms with E-state index in [1.807, 2.05) is 4.90 Å². The van der Waals surface area contributed by atoms with Gasteiger partial charge in [-0.05, 0) is 0 Å². The van der Waals surface area contributed by atoms with E-state index < -0.39 is 15.9 Å². The van der Waals surface area contributed by atoms with Crippen molar-refractivity contribution in [1.29, 1.82) is 0 Å². The number of rotatable bonds is 3. The van der Waals surface area contributed by atoms with Gasteiger partial charge in [-0.2, -0.15) is 0 Å². The van der Waals surface area contributed by atoms with E-state index in [-0.39, 0.29) is 18.1 Å². The summed E-state index contributed by atoms with van der Waals surface area (Å²) in [6.45, 7) is 1.73. The Labute approximate surface area is 78.4 Å². The molecule has 0 aliphatic carbocycles. The Balaban J connectivity index is 2.33. The highest BCUT2D eigenvalue weighted by Gasteiger charge is 2.22. The molecule has 0 radical (unpaired) electrons. The Bertz CT molecular complexity index is 238. The van der Waals surface area contributed by atoms with Crippen molar-refractivity contribution in [1.82, 2.24) is 4.90 Å². The van der Waals surface area contributed by atoms with Gasteiger partial charge in [-0.3, -0.25) is 4.90 Å². The van der Waals surface area contributed by atoms with Gasteiger partial charge in [-0.1, -0.05) is 0 Å². The van der Waals surface area contributed by atoms with E-state index in [4.69, 9.17) is 5.73 Å². The van der Waals surface area contributed by atoms with Crippen molar-refractivity contribution in [3.8, 4) is 0 Å². The molecule has 13 heavy (non-hydrogen) atoms. The van der Waals surface area contributed by atoms with Crippen LogP contribution in [0.4, 0.5) is 0 Å². The van der Waals surface area contributed by atoms with Crippen LogP contribution in [0.3, 0.4) is 0 Å². The van der Waals surface area contributed by atoms with Gasteiger partial charge < -0.3 is 10.8 Å². The summed E-state index contributed by atoms with van der Waals surface area (Å²) in [5.41, 5.74) is 5.25. The molecule has 3 N–H and O–H groups in total. The van der Waals surface area contributed by atoms with E-state index in [2.05, 4.69) is 0 Å². The summed E-state index contributed by atoms with van der Waals surface area (Å²) < 4.78 is 22.1. The average Bonchev–Trinajstić information content (AvgIpc) is 2.08. The largest absolute Gasteiger partial charge is 0.390 e. The first-order valence-corrected chi connectivity index (χ1v) is 6.16. The van der Waals surface area contributed by atoms with Crippen molar-refractivity contribution in [2.24, 2.45) is 5.73 Å². The molecule has 0 aromatic carbocycles. The second-order valence-corrected chi connectivity index (χ2v) is 5.65. The topological polar surface area (TPSA) is 83.6 Å². The number of aliphatic hydroxyl groups excluding tert-OH is 1. The predicted octanol–water partition coefficient (Wildman–Crippen LogP) is -1.96. The molecular formula is C7H16N2O3S. The summed E-state index contributed by atoms with van der Waals surface area (Å²) >= 11 is 0. The van der Waals surface area contributed by atoms with Crippen LogP contribution in [0.15, 0.2) is 0 Å². The van der Waals surface area contributed by atoms with Crippen molar-refractivity contribution in [3.05, 3.63) is 0 Å². The van der Waals surface area contributed by atoms with Gasteiger partial charge in [0, 0.05) is 26.2 Å². The molecule has 1 atom stereocenters. The summed E-state index contributed by atoms with van der Waals surface area (Å²) in [6.07, 6.45) is -0.541. The lowest BCUT2D eigenvalue weighted by molar-refractivity contribution is 0.123. The molecule has 1 rings (SSSR count). The molecule has 1 heterocycles. The van der Waals surface area contributed by atoms with E-state index in [9.17, 15) is 13.5 Å². The van der Waals surface area contributed by atoms with Gasteiger partial charge in [0.05, 0.1) is 17.6 Å². The summed E-state index contributed by atoms with van der Waals surface area (Å²) in [6, 6.07) is 0. The lowest BCUT2D eigenvalue weighted by atomic mass is 10.3. The molecule has 0 amide bonds. The van der Waals surface area contributed by atoms with Gasteiger partial charge in [-0.15, -0.1) is 0 Å². The maximum absolute atomic E-state index is 11.0. The van der Waals surface area contributed by atoms with Crippen LogP contribution in [0.2, 0.25) is 0 Å². The number of hydrogen-bond donors (Lipinski definition) is 2. The Morgan fingerprint density at radius 2 is 1.92 bits per heavy atom. The zero-order valence-corrected chi connectivity index (χ0v) is 8.33. The average molecular weight is 208 g/mol. The van der Waals surface area contributed by atoms with Crippen LogP contribution >= 0.6 is 0 Å². The molecule has 6 heteroatoms. The Kier molecular flexibility index (Phi) is 3.66. The van der Waals surface area contributed by atoms with Crippen LogP contribution in [-0.2, 0) is 9.84 Å². The third kappa shape index (κ3) is 3.60.